The molecule has 1 fully saturated rings. The third-order valence-corrected chi connectivity index (χ3v) is 5.13. The van der Waals surface area contributed by atoms with Crippen molar-refractivity contribution in [2.45, 2.75) is 18.9 Å². The van der Waals surface area contributed by atoms with E-state index < -0.39 is 0 Å². The summed E-state index contributed by atoms with van der Waals surface area (Å²) in [5.74, 6) is 0.782. The van der Waals surface area contributed by atoms with Crippen LogP contribution in [-0.2, 0) is 0 Å². The highest BCUT2D eigenvalue weighted by Crippen LogP contribution is 2.31. The number of carbonyl (C=O) groups is 1. The lowest BCUT2D eigenvalue weighted by Crippen LogP contribution is -2.46. The molecule has 2 aromatic heterocycles. The Bertz CT molecular complexity index is 707. The van der Waals surface area contributed by atoms with Crippen LogP contribution in [-0.4, -0.2) is 35.1 Å². The number of urea groups is 1. The normalized spacial score (nSPS) is 15.2. The number of hydrogen-bond acceptors (Lipinski definition) is 4. The van der Waals surface area contributed by atoms with E-state index in [1.165, 1.54) is 0 Å². The van der Waals surface area contributed by atoms with Gasteiger partial charge in [0.25, 0.3) is 0 Å². The minimum Gasteiger partial charge on any atom is -0.355 e. The van der Waals surface area contributed by atoms with Crippen molar-refractivity contribution in [3.63, 3.8) is 0 Å². The molecule has 6 nitrogen and oxygen atoms in total. The van der Waals surface area contributed by atoms with E-state index >= 15 is 0 Å². The van der Waals surface area contributed by atoms with E-state index in [9.17, 15) is 4.79 Å². The van der Waals surface area contributed by atoms with Gasteiger partial charge >= 0.3 is 6.03 Å². The van der Waals surface area contributed by atoms with Gasteiger partial charge in [0.15, 0.2) is 0 Å². The molecule has 8 heteroatoms. The van der Waals surface area contributed by atoms with Crippen LogP contribution in [0.5, 0.6) is 0 Å². The molecule has 126 valence electrons. The highest BCUT2D eigenvalue weighted by atomic mass is 79.9. The minimum atomic E-state index is -0.208. The number of pyridine rings is 2. The number of nitrogens with zero attached hydrogens (tertiary/aromatic N) is 3. The van der Waals surface area contributed by atoms with Crippen LogP contribution in [0.3, 0.4) is 0 Å². The SMILES string of the molecule is O=C(Nc1cccnc1)NC1CCN(c2nccc(Br)c2Cl)CC1. The van der Waals surface area contributed by atoms with Crippen molar-refractivity contribution >= 4 is 45.1 Å². The van der Waals surface area contributed by atoms with Crippen molar-refractivity contribution < 1.29 is 4.79 Å². The number of hydrogen-bond donors (Lipinski definition) is 2. The first-order valence-electron chi connectivity index (χ1n) is 7.66. The van der Waals surface area contributed by atoms with Crippen molar-refractivity contribution in [3.8, 4) is 0 Å². The molecule has 2 N–H and O–H groups in total. The number of nitrogens with one attached hydrogen (secondary N) is 2. The highest BCUT2D eigenvalue weighted by molar-refractivity contribution is 9.10. The molecule has 1 saturated heterocycles. The second-order valence-electron chi connectivity index (χ2n) is 5.53. The predicted octanol–water partition coefficient (Wildman–Crippen LogP) is 3.68. The van der Waals surface area contributed by atoms with Gasteiger partial charge in [-0.1, -0.05) is 11.6 Å². The Morgan fingerprint density at radius 1 is 1.29 bits per heavy atom. The van der Waals surface area contributed by atoms with Gasteiger partial charge in [-0.2, -0.15) is 0 Å². The summed E-state index contributed by atoms with van der Waals surface area (Å²) >= 11 is 9.72. The summed E-state index contributed by atoms with van der Waals surface area (Å²) in [7, 11) is 0. The predicted molar refractivity (Wildman–Crippen MR) is 98.6 cm³/mol. The van der Waals surface area contributed by atoms with E-state index in [4.69, 9.17) is 11.6 Å². The fourth-order valence-electron chi connectivity index (χ4n) is 2.66. The molecule has 0 atom stereocenters. The summed E-state index contributed by atoms with van der Waals surface area (Å²) in [6.07, 6.45) is 6.69. The first-order chi connectivity index (χ1) is 11.6. The average Bonchev–Trinajstić information content (AvgIpc) is 2.59. The molecule has 0 unspecified atom stereocenters. The quantitative estimate of drug-likeness (QED) is 0.810. The maximum atomic E-state index is 12.0. The molecule has 3 heterocycles. The van der Waals surface area contributed by atoms with Gasteiger partial charge < -0.3 is 15.5 Å². The summed E-state index contributed by atoms with van der Waals surface area (Å²) in [4.78, 5) is 22.5. The fraction of sp³-hybridized carbons (Fsp3) is 0.312. The van der Waals surface area contributed by atoms with Crippen LogP contribution in [0.1, 0.15) is 12.8 Å². The van der Waals surface area contributed by atoms with Gasteiger partial charge in [-0.25, -0.2) is 9.78 Å². The lowest BCUT2D eigenvalue weighted by atomic mass is 10.1. The van der Waals surface area contributed by atoms with E-state index in [1.807, 2.05) is 6.07 Å². The Kier molecular flexibility index (Phi) is 5.52. The fourth-order valence-corrected chi connectivity index (χ4v) is 3.18. The Hall–Kier alpha value is -1.86. The largest absolute Gasteiger partial charge is 0.355 e. The van der Waals surface area contributed by atoms with Crippen molar-refractivity contribution in [2.24, 2.45) is 0 Å². The number of anilines is 2. The van der Waals surface area contributed by atoms with E-state index in [-0.39, 0.29) is 12.1 Å². The molecule has 2 amide bonds. The first kappa shape index (κ1) is 17.0. The maximum Gasteiger partial charge on any atom is 0.319 e. The highest BCUT2D eigenvalue weighted by Gasteiger charge is 2.23. The number of rotatable bonds is 3. The molecular weight excluding hydrogens is 394 g/mol. The zero-order valence-corrected chi connectivity index (χ0v) is 15.2. The summed E-state index contributed by atoms with van der Waals surface area (Å²) in [5.41, 5.74) is 0.678. The molecule has 3 rings (SSSR count). The number of amides is 2. The van der Waals surface area contributed by atoms with Gasteiger partial charge in [-0.3, -0.25) is 4.98 Å². The lowest BCUT2D eigenvalue weighted by molar-refractivity contribution is 0.246. The number of carbonyl (C=O) groups excluding carboxylic acids is 1. The topological polar surface area (TPSA) is 70.2 Å². The van der Waals surface area contributed by atoms with Gasteiger partial charge in [-0.05, 0) is 47.0 Å². The Morgan fingerprint density at radius 3 is 2.79 bits per heavy atom. The third kappa shape index (κ3) is 4.15. The number of aromatic nitrogens is 2. The monoisotopic (exact) mass is 409 g/mol. The van der Waals surface area contributed by atoms with E-state index in [2.05, 4.69) is 41.4 Å². The van der Waals surface area contributed by atoms with Crippen molar-refractivity contribution in [1.82, 2.24) is 15.3 Å². The van der Waals surface area contributed by atoms with Crippen LogP contribution >= 0.6 is 27.5 Å². The molecule has 0 radical (unpaired) electrons. The molecule has 2 aromatic rings. The van der Waals surface area contributed by atoms with Crippen LogP contribution in [0.2, 0.25) is 5.02 Å². The van der Waals surface area contributed by atoms with Crippen molar-refractivity contribution in [3.05, 3.63) is 46.3 Å². The first-order valence-corrected chi connectivity index (χ1v) is 8.83. The smallest absolute Gasteiger partial charge is 0.319 e. The van der Waals surface area contributed by atoms with E-state index in [1.54, 1.807) is 30.7 Å². The molecular formula is C16H17BrClN5O. The Labute approximate surface area is 153 Å². The molecule has 0 bridgehead atoms. The summed E-state index contributed by atoms with van der Waals surface area (Å²) in [6.45, 7) is 1.59. The average molecular weight is 411 g/mol. The summed E-state index contributed by atoms with van der Waals surface area (Å²) < 4.78 is 0.838. The van der Waals surface area contributed by atoms with Crippen LogP contribution in [0, 0.1) is 0 Å². The molecule has 1 aliphatic rings. The number of piperidine rings is 1. The summed E-state index contributed by atoms with van der Waals surface area (Å²) in [5, 5.41) is 6.40. The van der Waals surface area contributed by atoms with Crippen molar-refractivity contribution in [2.75, 3.05) is 23.3 Å². The van der Waals surface area contributed by atoms with E-state index in [0.717, 1.165) is 36.2 Å². The molecule has 0 aliphatic carbocycles. The van der Waals surface area contributed by atoms with Crippen molar-refractivity contribution in [1.29, 1.82) is 0 Å². The third-order valence-electron chi connectivity index (χ3n) is 3.87. The number of halogens is 2. The molecule has 24 heavy (non-hydrogen) atoms. The second kappa shape index (κ2) is 7.81. The van der Waals surface area contributed by atoms with Crippen LogP contribution in [0.25, 0.3) is 0 Å². The Balaban J connectivity index is 1.52. The zero-order valence-electron chi connectivity index (χ0n) is 12.9. The summed E-state index contributed by atoms with van der Waals surface area (Å²) in [6, 6.07) is 5.32. The van der Waals surface area contributed by atoms with Crippen LogP contribution in [0.4, 0.5) is 16.3 Å². The zero-order chi connectivity index (χ0) is 16.9. The maximum absolute atomic E-state index is 12.0. The van der Waals surface area contributed by atoms with Gasteiger partial charge in [0.2, 0.25) is 0 Å². The molecule has 0 aromatic carbocycles. The Morgan fingerprint density at radius 2 is 2.08 bits per heavy atom. The lowest BCUT2D eigenvalue weighted by Gasteiger charge is -2.33. The molecule has 1 aliphatic heterocycles. The van der Waals surface area contributed by atoms with Crippen LogP contribution < -0.4 is 15.5 Å². The van der Waals surface area contributed by atoms with Gasteiger partial charge in [0.1, 0.15) is 5.82 Å². The molecule has 0 saturated carbocycles. The van der Waals surface area contributed by atoms with Crippen LogP contribution in [0.15, 0.2) is 41.3 Å². The standard InChI is InChI=1S/C16H17BrClN5O/c17-13-3-7-20-15(14(13)18)23-8-4-11(5-9-23)21-16(24)22-12-2-1-6-19-10-12/h1-3,6-7,10-11H,4-5,8-9H2,(H2,21,22,24). The van der Waals surface area contributed by atoms with Gasteiger partial charge in [-0.15, -0.1) is 0 Å². The minimum absolute atomic E-state index is 0.129. The second-order valence-corrected chi connectivity index (χ2v) is 6.76. The van der Waals surface area contributed by atoms with Gasteiger partial charge in [0.05, 0.1) is 16.9 Å². The van der Waals surface area contributed by atoms with E-state index in [0.29, 0.717) is 10.7 Å². The molecule has 0 spiro atoms. The van der Waals surface area contributed by atoms with Gasteiger partial charge in [0, 0.05) is 36.0 Å².